The zero-order chi connectivity index (χ0) is 16.7. The highest BCUT2D eigenvalue weighted by Gasteiger charge is 2.29. The topological polar surface area (TPSA) is 50.8 Å². The molecule has 1 unspecified atom stereocenters. The number of amides is 1. The Morgan fingerprint density at radius 3 is 2.78 bits per heavy atom. The minimum absolute atomic E-state index is 0.0293. The molecular formula is C18H28N2O3. The van der Waals surface area contributed by atoms with Crippen molar-refractivity contribution in [2.45, 2.75) is 45.2 Å². The molecule has 23 heavy (non-hydrogen) atoms. The van der Waals surface area contributed by atoms with E-state index in [-0.39, 0.29) is 11.9 Å². The van der Waals surface area contributed by atoms with Gasteiger partial charge in [-0.2, -0.15) is 0 Å². The third kappa shape index (κ3) is 4.61. The van der Waals surface area contributed by atoms with Crippen molar-refractivity contribution in [2.75, 3.05) is 27.3 Å². The van der Waals surface area contributed by atoms with Gasteiger partial charge in [-0.25, -0.2) is 0 Å². The van der Waals surface area contributed by atoms with E-state index in [0.29, 0.717) is 18.0 Å². The van der Waals surface area contributed by atoms with Crippen LogP contribution in [0.15, 0.2) is 18.2 Å². The molecule has 0 aliphatic carbocycles. The second kappa shape index (κ2) is 8.77. The molecule has 2 rings (SSSR count). The maximum atomic E-state index is 12.5. The lowest BCUT2D eigenvalue weighted by Gasteiger charge is -2.23. The average molecular weight is 320 g/mol. The van der Waals surface area contributed by atoms with Crippen molar-refractivity contribution in [2.24, 2.45) is 0 Å². The lowest BCUT2D eigenvalue weighted by molar-refractivity contribution is -0.125. The summed E-state index contributed by atoms with van der Waals surface area (Å²) < 4.78 is 10.5. The number of nitrogens with one attached hydrogen (secondary N) is 1. The highest BCUT2D eigenvalue weighted by atomic mass is 16.5. The minimum atomic E-state index is 0.0293. The molecule has 1 atom stereocenters. The fraction of sp³-hybridized carbons (Fsp3) is 0.611. The summed E-state index contributed by atoms with van der Waals surface area (Å²) in [7, 11) is 3.23. The summed E-state index contributed by atoms with van der Waals surface area (Å²) in [5, 5.41) is 3.06. The summed E-state index contributed by atoms with van der Waals surface area (Å²) in [6.45, 7) is 4.75. The number of rotatable bonds is 8. The molecule has 1 aromatic carbocycles. The van der Waals surface area contributed by atoms with E-state index in [1.165, 1.54) is 0 Å². The van der Waals surface area contributed by atoms with Gasteiger partial charge in [0.25, 0.3) is 0 Å². The van der Waals surface area contributed by atoms with Gasteiger partial charge in [0.2, 0.25) is 5.91 Å². The molecule has 1 aromatic rings. The SMILES string of the molecule is CCCCN1CCCC1C(=O)NCc1ccc(OC)c(OC)c1. The Labute approximate surface area is 139 Å². The number of methoxy groups -OCH3 is 2. The number of benzene rings is 1. The molecule has 0 bridgehead atoms. The van der Waals surface area contributed by atoms with Crippen molar-refractivity contribution in [3.63, 3.8) is 0 Å². The second-order valence-electron chi connectivity index (χ2n) is 5.95. The fourth-order valence-electron chi connectivity index (χ4n) is 3.05. The van der Waals surface area contributed by atoms with Gasteiger partial charge >= 0.3 is 0 Å². The molecule has 1 aliphatic rings. The van der Waals surface area contributed by atoms with Gasteiger partial charge in [0, 0.05) is 6.54 Å². The van der Waals surface area contributed by atoms with Crippen molar-refractivity contribution < 1.29 is 14.3 Å². The summed E-state index contributed by atoms with van der Waals surface area (Å²) in [6.07, 6.45) is 4.38. The maximum Gasteiger partial charge on any atom is 0.237 e. The Morgan fingerprint density at radius 2 is 2.09 bits per heavy atom. The number of ether oxygens (including phenoxy) is 2. The van der Waals surface area contributed by atoms with Crippen molar-refractivity contribution in [3.8, 4) is 11.5 Å². The van der Waals surface area contributed by atoms with Gasteiger partial charge < -0.3 is 14.8 Å². The van der Waals surface area contributed by atoms with Gasteiger partial charge in [-0.1, -0.05) is 19.4 Å². The highest BCUT2D eigenvalue weighted by molar-refractivity contribution is 5.82. The van der Waals surface area contributed by atoms with Crippen LogP contribution < -0.4 is 14.8 Å². The smallest absolute Gasteiger partial charge is 0.237 e. The molecule has 128 valence electrons. The first kappa shape index (κ1) is 17.6. The van der Waals surface area contributed by atoms with E-state index in [9.17, 15) is 4.79 Å². The van der Waals surface area contributed by atoms with E-state index < -0.39 is 0 Å². The van der Waals surface area contributed by atoms with Crippen LogP contribution in [0.5, 0.6) is 11.5 Å². The normalized spacial score (nSPS) is 18.0. The quantitative estimate of drug-likeness (QED) is 0.800. The molecular weight excluding hydrogens is 292 g/mol. The van der Waals surface area contributed by atoms with Crippen LogP contribution in [0.25, 0.3) is 0 Å². The van der Waals surface area contributed by atoms with Gasteiger partial charge in [0.15, 0.2) is 11.5 Å². The van der Waals surface area contributed by atoms with Crippen LogP contribution in [0.3, 0.4) is 0 Å². The van der Waals surface area contributed by atoms with Crippen LogP contribution >= 0.6 is 0 Å². The Balaban J connectivity index is 1.91. The van der Waals surface area contributed by atoms with Crippen LogP contribution in [-0.4, -0.2) is 44.2 Å². The third-order valence-corrected chi connectivity index (χ3v) is 4.38. The average Bonchev–Trinajstić information content (AvgIpc) is 3.06. The lowest BCUT2D eigenvalue weighted by atomic mass is 10.1. The van der Waals surface area contributed by atoms with Gasteiger partial charge in [-0.15, -0.1) is 0 Å². The predicted molar refractivity (Wildman–Crippen MR) is 90.9 cm³/mol. The standard InChI is InChI=1S/C18H28N2O3/c1-4-5-10-20-11-6-7-15(20)18(21)19-13-14-8-9-16(22-2)17(12-14)23-3/h8-9,12,15H,4-7,10-11,13H2,1-3H3,(H,19,21). The summed E-state index contributed by atoms with van der Waals surface area (Å²) >= 11 is 0. The first-order valence-corrected chi connectivity index (χ1v) is 8.42. The number of nitrogens with zero attached hydrogens (tertiary/aromatic N) is 1. The molecule has 0 radical (unpaired) electrons. The molecule has 1 heterocycles. The monoisotopic (exact) mass is 320 g/mol. The van der Waals surface area contributed by atoms with Crippen molar-refractivity contribution in [1.29, 1.82) is 0 Å². The zero-order valence-electron chi connectivity index (χ0n) is 14.4. The lowest BCUT2D eigenvalue weighted by Crippen LogP contribution is -2.43. The Kier molecular flexibility index (Phi) is 6.71. The first-order valence-electron chi connectivity index (χ1n) is 8.42. The van der Waals surface area contributed by atoms with E-state index >= 15 is 0 Å². The zero-order valence-corrected chi connectivity index (χ0v) is 14.4. The van der Waals surface area contributed by atoms with Crippen LogP contribution in [0, 0.1) is 0 Å². The molecule has 1 N–H and O–H groups in total. The molecule has 0 saturated carbocycles. The molecule has 5 nitrogen and oxygen atoms in total. The number of carbonyl (C=O) groups excluding carboxylic acids is 1. The number of hydrogen-bond acceptors (Lipinski definition) is 4. The van der Waals surface area contributed by atoms with Gasteiger partial charge in [0.05, 0.1) is 20.3 Å². The largest absolute Gasteiger partial charge is 0.493 e. The third-order valence-electron chi connectivity index (χ3n) is 4.38. The van der Waals surface area contributed by atoms with Gasteiger partial charge in [0.1, 0.15) is 0 Å². The van der Waals surface area contributed by atoms with E-state index in [1.54, 1.807) is 14.2 Å². The number of likely N-dealkylation sites (tertiary alicyclic amines) is 1. The summed E-state index contributed by atoms with van der Waals surface area (Å²) in [5.74, 6) is 1.52. The Hall–Kier alpha value is -1.75. The Morgan fingerprint density at radius 1 is 1.30 bits per heavy atom. The molecule has 0 aromatic heterocycles. The second-order valence-corrected chi connectivity index (χ2v) is 5.95. The summed E-state index contributed by atoms with van der Waals surface area (Å²) in [6, 6.07) is 5.75. The summed E-state index contributed by atoms with van der Waals surface area (Å²) in [4.78, 5) is 14.8. The first-order chi connectivity index (χ1) is 11.2. The van der Waals surface area contributed by atoms with Crippen LogP contribution in [0.2, 0.25) is 0 Å². The minimum Gasteiger partial charge on any atom is -0.493 e. The molecule has 1 saturated heterocycles. The van der Waals surface area contributed by atoms with E-state index in [4.69, 9.17) is 9.47 Å². The highest BCUT2D eigenvalue weighted by Crippen LogP contribution is 2.27. The number of hydrogen-bond donors (Lipinski definition) is 1. The predicted octanol–water partition coefficient (Wildman–Crippen LogP) is 2.58. The number of carbonyl (C=O) groups is 1. The van der Waals surface area contributed by atoms with Crippen molar-refractivity contribution >= 4 is 5.91 Å². The molecule has 1 amide bonds. The van der Waals surface area contributed by atoms with E-state index in [0.717, 1.165) is 44.3 Å². The number of unbranched alkanes of at least 4 members (excludes halogenated alkanes) is 1. The van der Waals surface area contributed by atoms with Gasteiger partial charge in [-0.3, -0.25) is 9.69 Å². The molecule has 1 aliphatic heterocycles. The van der Waals surface area contributed by atoms with Gasteiger partial charge in [-0.05, 0) is 50.0 Å². The van der Waals surface area contributed by atoms with Crippen LogP contribution in [0.4, 0.5) is 0 Å². The van der Waals surface area contributed by atoms with Crippen molar-refractivity contribution in [3.05, 3.63) is 23.8 Å². The molecule has 1 fully saturated rings. The fourth-order valence-corrected chi connectivity index (χ4v) is 3.05. The van der Waals surface area contributed by atoms with Crippen molar-refractivity contribution in [1.82, 2.24) is 10.2 Å². The molecule has 5 heteroatoms. The molecule has 0 spiro atoms. The van der Waals surface area contributed by atoms with Crippen LogP contribution in [-0.2, 0) is 11.3 Å². The summed E-state index contributed by atoms with van der Waals surface area (Å²) in [5.41, 5.74) is 1.01. The Bertz CT molecular complexity index is 519. The van der Waals surface area contributed by atoms with Crippen LogP contribution in [0.1, 0.15) is 38.2 Å². The van der Waals surface area contributed by atoms with E-state index in [2.05, 4.69) is 17.1 Å². The van der Waals surface area contributed by atoms with E-state index in [1.807, 2.05) is 18.2 Å². The maximum absolute atomic E-state index is 12.5.